The third-order valence-electron chi connectivity index (χ3n) is 6.64. The monoisotopic (exact) mass is 485 g/mol. The summed E-state index contributed by atoms with van der Waals surface area (Å²) in [6.45, 7) is 0.667. The predicted molar refractivity (Wildman–Crippen MR) is 134 cm³/mol. The van der Waals surface area contributed by atoms with Crippen molar-refractivity contribution in [1.29, 1.82) is 0 Å². The number of carbonyl (C=O) groups excluding carboxylic acids is 3. The predicted octanol–water partition coefficient (Wildman–Crippen LogP) is 3.57. The first kappa shape index (κ1) is 23.4. The molecule has 0 spiro atoms. The van der Waals surface area contributed by atoms with Crippen molar-refractivity contribution in [2.45, 2.75) is 19.0 Å². The lowest BCUT2D eigenvalue weighted by atomic mass is 10.0. The van der Waals surface area contributed by atoms with Gasteiger partial charge in [-0.1, -0.05) is 48.5 Å². The van der Waals surface area contributed by atoms with E-state index in [1.54, 1.807) is 46.2 Å². The summed E-state index contributed by atoms with van der Waals surface area (Å²) >= 11 is 0. The van der Waals surface area contributed by atoms with E-state index >= 15 is 0 Å². The molecule has 184 valence electrons. The second-order valence-electron chi connectivity index (χ2n) is 8.67. The summed E-state index contributed by atoms with van der Waals surface area (Å²) in [6.07, 6.45) is 0.165. The van der Waals surface area contributed by atoms with Crippen LogP contribution >= 0.6 is 0 Å². The number of hydrogen-bond acceptors (Lipinski definition) is 5. The van der Waals surface area contributed by atoms with Crippen molar-refractivity contribution in [3.8, 4) is 11.5 Å². The smallest absolute Gasteiger partial charge is 0.264 e. The van der Waals surface area contributed by atoms with E-state index in [1.807, 2.05) is 30.3 Å². The maximum Gasteiger partial charge on any atom is 0.264 e. The fourth-order valence-corrected chi connectivity index (χ4v) is 4.95. The highest BCUT2D eigenvalue weighted by Crippen LogP contribution is 2.49. The normalized spacial score (nSPS) is 15.8. The summed E-state index contributed by atoms with van der Waals surface area (Å²) in [7, 11) is 3.00. The molecule has 3 amide bonds. The third kappa shape index (κ3) is 3.94. The minimum Gasteiger partial charge on any atom is -0.493 e. The number of para-hydroxylation sites is 1. The van der Waals surface area contributed by atoms with Crippen LogP contribution in [0, 0.1) is 0 Å². The average Bonchev–Trinajstić information content (AvgIpc) is 3.21. The first-order valence-corrected chi connectivity index (χ1v) is 11.8. The van der Waals surface area contributed by atoms with Gasteiger partial charge in [0.2, 0.25) is 5.91 Å². The highest BCUT2D eigenvalue weighted by atomic mass is 16.5. The second kappa shape index (κ2) is 9.73. The van der Waals surface area contributed by atoms with E-state index in [9.17, 15) is 14.4 Å². The molecule has 0 saturated heterocycles. The maximum atomic E-state index is 13.7. The second-order valence-corrected chi connectivity index (χ2v) is 8.67. The van der Waals surface area contributed by atoms with Crippen molar-refractivity contribution in [3.05, 3.63) is 89.0 Å². The molecule has 3 aromatic carbocycles. The van der Waals surface area contributed by atoms with Crippen LogP contribution in [0.2, 0.25) is 0 Å². The van der Waals surface area contributed by atoms with Gasteiger partial charge in [-0.25, -0.2) is 0 Å². The topological polar surface area (TPSA) is 88.2 Å². The average molecular weight is 486 g/mol. The van der Waals surface area contributed by atoms with Gasteiger partial charge in [-0.15, -0.1) is 0 Å². The standard InChI is InChI=1S/C28H27N3O5/c1-35-22-13-12-20-24(25(22)36-2)28(34)31-21-11-7-6-10-19(21)27(33)30(26(20)31)17-15-23(32)29-16-14-18-8-4-3-5-9-18/h3-13,26H,14-17H2,1-2H3,(H,29,32). The SMILES string of the molecule is COc1ccc2c(c1OC)C(=O)N1c3ccccc3C(=O)N(CCC(=O)NCCc3ccccc3)C21. The first-order valence-electron chi connectivity index (χ1n) is 11.8. The molecule has 2 aliphatic heterocycles. The van der Waals surface area contributed by atoms with Crippen LogP contribution in [0.4, 0.5) is 5.69 Å². The summed E-state index contributed by atoms with van der Waals surface area (Å²) < 4.78 is 10.9. The van der Waals surface area contributed by atoms with Crippen molar-refractivity contribution >= 4 is 23.4 Å². The molecule has 1 unspecified atom stereocenters. The molecule has 1 atom stereocenters. The van der Waals surface area contributed by atoms with E-state index in [0.717, 1.165) is 12.0 Å². The summed E-state index contributed by atoms with van der Waals surface area (Å²) in [5.41, 5.74) is 3.11. The minimum absolute atomic E-state index is 0.115. The lowest BCUT2D eigenvalue weighted by Crippen LogP contribution is -2.49. The first-order chi connectivity index (χ1) is 17.5. The van der Waals surface area contributed by atoms with Gasteiger partial charge in [0.1, 0.15) is 6.17 Å². The van der Waals surface area contributed by atoms with Crippen molar-refractivity contribution in [3.63, 3.8) is 0 Å². The Balaban J connectivity index is 1.41. The number of nitrogens with one attached hydrogen (secondary N) is 1. The Bertz CT molecular complexity index is 1320. The van der Waals surface area contributed by atoms with E-state index in [2.05, 4.69) is 5.32 Å². The number of nitrogens with zero attached hydrogens (tertiary/aromatic N) is 2. The van der Waals surface area contributed by atoms with Crippen LogP contribution in [-0.2, 0) is 11.2 Å². The molecule has 1 N–H and O–H groups in total. The van der Waals surface area contributed by atoms with Gasteiger partial charge in [-0.2, -0.15) is 0 Å². The Hall–Kier alpha value is -4.33. The van der Waals surface area contributed by atoms with Crippen LogP contribution in [0.25, 0.3) is 0 Å². The molecule has 0 aliphatic carbocycles. The fourth-order valence-electron chi connectivity index (χ4n) is 4.95. The van der Waals surface area contributed by atoms with E-state index in [1.165, 1.54) is 14.2 Å². The number of hydrogen-bond donors (Lipinski definition) is 1. The zero-order chi connectivity index (χ0) is 25.2. The molecule has 5 rings (SSSR count). The van der Waals surface area contributed by atoms with Crippen LogP contribution in [0.15, 0.2) is 66.7 Å². The Morgan fingerprint density at radius 2 is 1.67 bits per heavy atom. The highest BCUT2D eigenvalue weighted by molar-refractivity contribution is 6.18. The maximum absolute atomic E-state index is 13.7. The Morgan fingerprint density at radius 1 is 0.917 bits per heavy atom. The number of amides is 3. The van der Waals surface area contributed by atoms with Gasteiger partial charge < -0.3 is 19.7 Å². The van der Waals surface area contributed by atoms with Crippen LogP contribution in [-0.4, -0.2) is 49.9 Å². The van der Waals surface area contributed by atoms with Crippen molar-refractivity contribution in [1.82, 2.24) is 10.2 Å². The number of carbonyl (C=O) groups is 3. The molecular weight excluding hydrogens is 458 g/mol. The van der Waals surface area contributed by atoms with Crippen LogP contribution < -0.4 is 19.7 Å². The molecule has 2 aliphatic rings. The zero-order valence-electron chi connectivity index (χ0n) is 20.2. The van der Waals surface area contributed by atoms with Crippen molar-refractivity contribution in [2.75, 3.05) is 32.2 Å². The molecule has 0 fully saturated rings. The van der Waals surface area contributed by atoms with Crippen LogP contribution in [0.1, 0.15) is 44.4 Å². The lowest BCUT2D eigenvalue weighted by Gasteiger charge is -2.40. The Kier molecular flexibility index (Phi) is 6.33. The van der Waals surface area contributed by atoms with E-state index in [-0.39, 0.29) is 30.7 Å². The fraction of sp³-hybridized carbons (Fsp3) is 0.250. The highest BCUT2D eigenvalue weighted by Gasteiger charge is 2.49. The third-order valence-corrected chi connectivity index (χ3v) is 6.64. The minimum atomic E-state index is -0.674. The molecule has 3 aromatic rings. The zero-order valence-corrected chi connectivity index (χ0v) is 20.2. The van der Waals surface area contributed by atoms with Gasteiger partial charge in [0.15, 0.2) is 11.5 Å². The van der Waals surface area contributed by atoms with Gasteiger partial charge in [0.05, 0.1) is 31.0 Å². The number of anilines is 1. The van der Waals surface area contributed by atoms with Gasteiger partial charge in [-0.3, -0.25) is 19.3 Å². The van der Waals surface area contributed by atoms with Gasteiger partial charge in [0.25, 0.3) is 11.8 Å². The summed E-state index contributed by atoms with van der Waals surface area (Å²) in [4.78, 5) is 43.1. The molecule has 36 heavy (non-hydrogen) atoms. The van der Waals surface area contributed by atoms with Gasteiger partial charge in [-0.05, 0) is 30.2 Å². The molecule has 0 aromatic heterocycles. The summed E-state index contributed by atoms with van der Waals surface area (Å²) in [6, 6.07) is 20.5. The van der Waals surface area contributed by atoms with E-state index < -0.39 is 6.17 Å². The van der Waals surface area contributed by atoms with Crippen LogP contribution in [0.3, 0.4) is 0 Å². The van der Waals surface area contributed by atoms with Crippen molar-refractivity contribution in [2.24, 2.45) is 0 Å². The molecule has 0 radical (unpaired) electrons. The molecule has 0 saturated carbocycles. The van der Waals surface area contributed by atoms with Gasteiger partial charge >= 0.3 is 0 Å². The van der Waals surface area contributed by atoms with Crippen molar-refractivity contribution < 1.29 is 23.9 Å². The number of rotatable bonds is 8. The van der Waals surface area contributed by atoms with Crippen LogP contribution in [0.5, 0.6) is 11.5 Å². The van der Waals surface area contributed by atoms with Gasteiger partial charge in [0, 0.05) is 25.1 Å². The molecule has 2 heterocycles. The van der Waals surface area contributed by atoms with E-state index in [4.69, 9.17) is 9.47 Å². The number of ether oxygens (including phenoxy) is 2. The number of benzene rings is 3. The molecule has 0 bridgehead atoms. The Labute approximate surface area is 209 Å². The largest absolute Gasteiger partial charge is 0.493 e. The molecule has 8 nitrogen and oxygen atoms in total. The molecular formula is C28H27N3O5. The lowest BCUT2D eigenvalue weighted by molar-refractivity contribution is -0.121. The quantitative estimate of drug-likeness (QED) is 0.527. The number of methoxy groups -OCH3 is 2. The number of fused-ring (bicyclic) bond motifs is 5. The Morgan fingerprint density at radius 3 is 2.42 bits per heavy atom. The summed E-state index contributed by atoms with van der Waals surface area (Å²) in [5.74, 6) is 0.120. The summed E-state index contributed by atoms with van der Waals surface area (Å²) in [5, 5.41) is 2.93. The van der Waals surface area contributed by atoms with E-state index in [0.29, 0.717) is 40.4 Å². The molecule has 8 heteroatoms.